The molecule has 0 aromatic heterocycles. The first-order valence-corrected chi connectivity index (χ1v) is 1.49. The lowest BCUT2D eigenvalue weighted by Gasteiger charge is -1.93. The molecule has 0 amide bonds. The van der Waals surface area contributed by atoms with Gasteiger partial charge >= 0.3 is 0 Å². The predicted octanol–water partition coefficient (Wildman–Crippen LogP) is 0.448. The van der Waals surface area contributed by atoms with Crippen LogP contribution in [0.4, 0.5) is 0 Å². The van der Waals surface area contributed by atoms with Crippen LogP contribution in [0.25, 0.3) is 0 Å². The van der Waals surface area contributed by atoms with Gasteiger partial charge in [0.15, 0.2) is 6.26 Å². The van der Waals surface area contributed by atoms with E-state index in [0.717, 1.165) is 0 Å². The summed E-state index contributed by atoms with van der Waals surface area (Å²) >= 11 is 0. The molecule has 0 N–H and O–H groups in total. The molecule has 0 atom stereocenters. The fourth-order valence-electron chi connectivity index (χ4n) is 0.177. The Hall–Kier alpha value is -0.990. The zero-order chi connectivity index (χ0) is 4.24. The Morgan fingerprint density at radius 3 is 2.50 bits per heavy atom. The van der Waals surface area contributed by atoms with Crippen molar-refractivity contribution in [2.45, 2.75) is 0 Å². The van der Waals surface area contributed by atoms with Crippen LogP contribution in [0, 0.1) is 0 Å². The van der Waals surface area contributed by atoms with E-state index in [1.165, 1.54) is 18.9 Å². The largest absolute Gasteiger partial charge is 0.295 e. The molecule has 1 aliphatic heterocycles. The minimum atomic E-state index is 1.21. The van der Waals surface area contributed by atoms with Gasteiger partial charge < -0.3 is 0 Å². The van der Waals surface area contributed by atoms with Gasteiger partial charge in [-0.1, -0.05) is 0 Å². The van der Waals surface area contributed by atoms with Gasteiger partial charge in [0.1, 0.15) is 0 Å². The Bertz CT molecular complexity index is 74.8. The minimum Gasteiger partial charge on any atom is -0.295 e. The van der Waals surface area contributed by atoms with Gasteiger partial charge in [0, 0.05) is 0 Å². The van der Waals surface area contributed by atoms with Gasteiger partial charge in [-0.05, 0) is 0 Å². The molecule has 0 fully saturated rings. The molecule has 1 heterocycles. The standard InChI is InChI=1S/C3H3NO2/c1-2-5-6-3-4-1/h1-3H. The summed E-state index contributed by atoms with van der Waals surface area (Å²) in [6.45, 7) is 0. The van der Waals surface area contributed by atoms with Gasteiger partial charge in [-0.15, -0.1) is 0 Å². The summed E-state index contributed by atoms with van der Waals surface area (Å²) in [6.07, 6.45) is 4.05. The quantitative estimate of drug-likeness (QED) is 0.400. The third-order valence-corrected chi connectivity index (χ3v) is 0.362. The summed E-state index contributed by atoms with van der Waals surface area (Å²) in [5.74, 6) is 0. The highest BCUT2D eigenvalue weighted by molar-refractivity contribution is 5.46. The summed E-state index contributed by atoms with van der Waals surface area (Å²) < 4.78 is 0. The SMILES string of the molecule is C1=COOC=N1. The Morgan fingerprint density at radius 1 is 1.33 bits per heavy atom. The Kier molecular flexibility index (Phi) is 0.774. The summed E-state index contributed by atoms with van der Waals surface area (Å²) in [4.78, 5) is 12.0. The lowest BCUT2D eigenvalue weighted by Crippen LogP contribution is -1.85. The maximum atomic E-state index is 4.24. The fourth-order valence-corrected chi connectivity index (χ4v) is 0.177. The lowest BCUT2D eigenvalue weighted by molar-refractivity contribution is -0.162. The highest BCUT2D eigenvalue weighted by Gasteiger charge is 1.76. The van der Waals surface area contributed by atoms with Crippen LogP contribution in [-0.2, 0) is 9.78 Å². The van der Waals surface area contributed by atoms with Crippen molar-refractivity contribution in [3.8, 4) is 0 Å². The highest BCUT2D eigenvalue weighted by atomic mass is 17.2. The van der Waals surface area contributed by atoms with Crippen molar-refractivity contribution >= 4 is 6.40 Å². The van der Waals surface area contributed by atoms with E-state index in [1.54, 1.807) is 0 Å². The van der Waals surface area contributed by atoms with Gasteiger partial charge in [0.05, 0.1) is 6.20 Å². The van der Waals surface area contributed by atoms with Crippen molar-refractivity contribution in [3.05, 3.63) is 12.5 Å². The van der Waals surface area contributed by atoms with Crippen LogP contribution >= 0.6 is 0 Å². The van der Waals surface area contributed by atoms with Crippen molar-refractivity contribution in [2.75, 3.05) is 0 Å². The average molecular weight is 85.1 g/mol. The van der Waals surface area contributed by atoms with E-state index in [4.69, 9.17) is 0 Å². The molecule has 6 heavy (non-hydrogen) atoms. The second-order valence-electron chi connectivity index (χ2n) is 0.732. The van der Waals surface area contributed by atoms with Crippen molar-refractivity contribution < 1.29 is 9.78 Å². The van der Waals surface area contributed by atoms with Crippen LogP contribution in [0.15, 0.2) is 17.5 Å². The number of nitrogens with zero attached hydrogens (tertiary/aromatic N) is 1. The molecule has 3 heteroatoms. The molecule has 0 bridgehead atoms. The molecular formula is C3H3NO2. The Morgan fingerprint density at radius 2 is 2.33 bits per heavy atom. The molecule has 1 rings (SSSR count). The van der Waals surface area contributed by atoms with E-state index < -0.39 is 0 Å². The first-order chi connectivity index (χ1) is 3.00. The van der Waals surface area contributed by atoms with Crippen LogP contribution in [0.2, 0.25) is 0 Å². The second-order valence-corrected chi connectivity index (χ2v) is 0.732. The zero-order valence-corrected chi connectivity index (χ0v) is 3.00. The molecule has 0 aliphatic carbocycles. The van der Waals surface area contributed by atoms with E-state index in [2.05, 4.69) is 14.8 Å². The molecule has 0 saturated carbocycles. The topological polar surface area (TPSA) is 30.8 Å². The first kappa shape index (κ1) is 3.21. The van der Waals surface area contributed by atoms with Gasteiger partial charge in [0.25, 0.3) is 0 Å². The molecule has 0 aromatic carbocycles. The number of hydrogen-bond donors (Lipinski definition) is 0. The molecule has 0 spiro atoms. The van der Waals surface area contributed by atoms with Crippen LogP contribution in [0.3, 0.4) is 0 Å². The Labute approximate surface area is 34.8 Å². The summed E-state index contributed by atoms with van der Waals surface area (Å²) in [5, 5.41) is 0. The van der Waals surface area contributed by atoms with Gasteiger partial charge in [-0.2, -0.15) is 0 Å². The smallest absolute Gasteiger partial charge is 0.232 e. The molecule has 0 saturated heterocycles. The number of hydrogen-bond acceptors (Lipinski definition) is 3. The zero-order valence-electron chi connectivity index (χ0n) is 3.00. The van der Waals surface area contributed by atoms with E-state index in [1.807, 2.05) is 0 Å². The monoisotopic (exact) mass is 85.0 g/mol. The maximum absolute atomic E-state index is 4.24. The van der Waals surface area contributed by atoms with Crippen molar-refractivity contribution in [2.24, 2.45) is 4.99 Å². The third-order valence-electron chi connectivity index (χ3n) is 0.362. The molecule has 3 nitrogen and oxygen atoms in total. The van der Waals surface area contributed by atoms with Crippen molar-refractivity contribution in [1.82, 2.24) is 0 Å². The maximum Gasteiger partial charge on any atom is 0.232 e. The molecule has 1 aliphatic rings. The second kappa shape index (κ2) is 1.45. The average Bonchev–Trinajstić information content (AvgIpc) is 1.72. The lowest BCUT2D eigenvalue weighted by atomic mass is 11.0. The van der Waals surface area contributed by atoms with Crippen LogP contribution in [-0.4, -0.2) is 6.40 Å². The number of aliphatic imine (C=N–C) groups is 1. The van der Waals surface area contributed by atoms with E-state index >= 15 is 0 Å². The van der Waals surface area contributed by atoms with Crippen LogP contribution in [0.5, 0.6) is 0 Å². The summed E-state index contributed by atoms with van der Waals surface area (Å²) in [5.41, 5.74) is 0. The predicted molar refractivity (Wildman–Crippen MR) is 19.8 cm³/mol. The van der Waals surface area contributed by atoms with Gasteiger partial charge in [-0.25, -0.2) is 4.99 Å². The van der Waals surface area contributed by atoms with Crippen molar-refractivity contribution in [1.29, 1.82) is 0 Å². The van der Waals surface area contributed by atoms with Gasteiger partial charge in [-0.3, -0.25) is 9.78 Å². The molecule has 0 unspecified atom stereocenters. The normalized spacial score (nSPS) is 16.0. The van der Waals surface area contributed by atoms with E-state index in [9.17, 15) is 0 Å². The fraction of sp³-hybridized carbons (Fsp3) is 0. The van der Waals surface area contributed by atoms with Crippen LogP contribution in [0.1, 0.15) is 0 Å². The van der Waals surface area contributed by atoms with E-state index in [0.29, 0.717) is 0 Å². The number of rotatable bonds is 0. The summed E-state index contributed by atoms with van der Waals surface area (Å²) in [6, 6.07) is 0. The minimum absolute atomic E-state index is 1.21. The molecule has 0 aromatic rings. The third kappa shape index (κ3) is 0.484. The Balaban J connectivity index is 2.46. The molecule has 32 valence electrons. The first-order valence-electron chi connectivity index (χ1n) is 1.49. The molecule has 0 radical (unpaired) electrons. The van der Waals surface area contributed by atoms with Crippen molar-refractivity contribution in [3.63, 3.8) is 0 Å². The molecular weight excluding hydrogens is 82.0 g/mol. The van der Waals surface area contributed by atoms with E-state index in [-0.39, 0.29) is 0 Å². The summed E-state index contributed by atoms with van der Waals surface area (Å²) in [7, 11) is 0. The highest BCUT2D eigenvalue weighted by Crippen LogP contribution is 1.84. The van der Waals surface area contributed by atoms with Crippen LogP contribution < -0.4 is 0 Å². The van der Waals surface area contributed by atoms with Gasteiger partial charge in [0.2, 0.25) is 6.40 Å².